The van der Waals surface area contributed by atoms with E-state index in [9.17, 15) is 0 Å². The molecule has 0 saturated carbocycles. The van der Waals surface area contributed by atoms with Crippen LogP contribution < -0.4 is 15.0 Å². The van der Waals surface area contributed by atoms with Crippen molar-refractivity contribution in [2.24, 2.45) is 0 Å². The summed E-state index contributed by atoms with van der Waals surface area (Å²) in [4.78, 5) is 2.38. The molecule has 0 atom stereocenters. The third-order valence-corrected chi connectivity index (χ3v) is 3.45. The van der Waals surface area contributed by atoms with Gasteiger partial charge >= 0.3 is 0 Å². The highest BCUT2D eigenvalue weighted by molar-refractivity contribution is 5.58. The molecule has 1 aliphatic heterocycles. The Labute approximate surface area is 127 Å². The molecule has 0 radical (unpaired) electrons. The lowest BCUT2D eigenvalue weighted by Gasteiger charge is -2.30. The highest BCUT2D eigenvalue weighted by atomic mass is 16.5. The highest BCUT2D eigenvalue weighted by Gasteiger charge is 2.14. The van der Waals surface area contributed by atoms with E-state index in [2.05, 4.69) is 22.3 Å². The molecule has 5 heteroatoms. The Morgan fingerprint density at radius 2 is 1.86 bits per heavy atom. The van der Waals surface area contributed by atoms with Crippen LogP contribution >= 0.6 is 0 Å². The number of para-hydroxylation sites is 2. The van der Waals surface area contributed by atoms with Crippen molar-refractivity contribution in [3.05, 3.63) is 24.3 Å². The number of nitrogens with zero attached hydrogens (tertiary/aromatic N) is 1. The summed E-state index contributed by atoms with van der Waals surface area (Å²) < 4.78 is 16.3. The van der Waals surface area contributed by atoms with Crippen molar-refractivity contribution in [3.8, 4) is 5.75 Å². The van der Waals surface area contributed by atoms with Crippen molar-refractivity contribution in [2.45, 2.75) is 6.42 Å². The Bertz CT molecular complexity index is 395. The normalized spacial score (nSPS) is 15.2. The van der Waals surface area contributed by atoms with Gasteiger partial charge in [-0.15, -0.1) is 0 Å². The molecule has 0 amide bonds. The summed E-state index contributed by atoms with van der Waals surface area (Å²) in [6.45, 7) is 6.79. The van der Waals surface area contributed by atoms with Crippen LogP contribution in [0.25, 0.3) is 0 Å². The van der Waals surface area contributed by atoms with Crippen molar-refractivity contribution in [1.29, 1.82) is 0 Å². The number of piperazine rings is 1. The molecule has 1 fully saturated rings. The fraction of sp³-hybridized carbons (Fsp3) is 0.625. The van der Waals surface area contributed by atoms with Gasteiger partial charge in [0.1, 0.15) is 5.75 Å². The van der Waals surface area contributed by atoms with E-state index in [1.54, 1.807) is 7.11 Å². The second-order valence-corrected chi connectivity index (χ2v) is 5.01. The molecule has 21 heavy (non-hydrogen) atoms. The minimum atomic E-state index is 0.646. The van der Waals surface area contributed by atoms with Gasteiger partial charge in [0.05, 0.1) is 25.5 Å². The Kier molecular flexibility index (Phi) is 7.35. The van der Waals surface area contributed by atoms with E-state index in [-0.39, 0.29) is 0 Å². The van der Waals surface area contributed by atoms with Crippen LogP contribution in [0.2, 0.25) is 0 Å². The van der Waals surface area contributed by atoms with Crippen LogP contribution in [0.5, 0.6) is 5.75 Å². The Balaban J connectivity index is 1.74. The van der Waals surface area contributed by atoms with Gasteiger partial charge in [-0.1, -0.05) is 12.1 Å². The van der Waals surface area contributed by atoms with Gasteiger partial charge in [0.25, 0.3) is 0 Å². The standard InChI is InChI=1S/C16H26N2O3/c1-19-13-14-20-11-4-12-21-16-6-3-2-5-15(16)18-9-7-17-8-10-18/h2-3,5-6,17H,4,7-14H2,1H3. The maximum absolute atomic E-state index is 5.92. The zero-order chi connectivity index (χ0) is 14.8. The molecule has 0 aromatic heterocycles. The Morgan fingerprint density at radius 3 is 2.67 bits per heavy atom. The van der Waals surface area contributed by atoms with Crippen LogP contribution in [0, 0.1) is 0 Å². The van der Waals surface area contributed by atoms with Gasteiger partial charge in [-0.25, -0.2) is 0 Å². The van der Waals surface area contributed by atoms with Crippen molar-refractivity contribution in [3.63, 3.8) is 0 Å². The van der Waals surface area contributed by atoms with Crippen LogP contribution in [0.3, 0.4) is 0 Å². The monoisotopic (exact) mass is 294 g/mol. The van der Waals surface area contributed by atoms with E-state index in [0.717, 1.165) is 38.3 Å². The van der Waals surface area contributed by atoms with Gasteiger partial charge < -0.3 is 24.4 Å². The number of hydrogen-bond donors (Lipinski definition) is 1. The van der Waals surface area contributed by atoms with Crippen LogP contribution in [0.4, 0.5) is 5.69 Å². The van der Waals surface area contributed by atoms with Gasteiger partial charge in [-0.2, -0.15) is 0 Å². The van der Waals surface area contributed by atoms with Crippen molar-refractivity contribution < 1.29 is 14.2 Å². The second kappa shape index (κ2) is 9.60. The quantitative estimate of drug-likeness (QED) is 0.700. The largest absolute Gasteiger partial charge is 0.491 e. The maximum atomic E-state index is 5.92. The minimum Gasteiger partial charge on any atom is -0.491 e. The summed E-state index contributed by atoms with van der Waals surface area (Å²) in [7, 11) is 1.68. The van der Waals surface area contributed by atoms with Crippen LogP contribution in [-0.4, -0.2) is 59.7 Å². The number of rotatable bonds is 9. The van der Waals surface area contributed by atoms with Crippen LogP contribution in [-0.2, 0) is 9.47 Å². The van der Waals surface area contributed by atoms with E-state index in [4.69, 9.17) is 14.2 Å². The van der Waals surface area contributed by atoms with Crippen LogP contribution in [0.15, 0.2) is 24.3 Å². The number of benzene rings is 1. The minimum absolute atomic E-state index is 0.646. The van der Waals surface area contributed by atoms with E-state index in [0.29, 0.717) is 26.4 Å². The number of anilines is 1. The number of ether oxygens (including phenoxy) is 3. The number of methoxy groups -OCH3 is 1. The number of hydrogen-bond acceptors (Lipinski definition) is 5. The smallest absolute Gasteiger partial charge is 0.142 e. The first-order chi connectivity index (χ1) is 10.4. The van der Waals surface area contributed by atoms with Gasteiger partial charge in [-0.3, -0.25) is 0 Å². The first-order valence-corrected chi connectivity index (χ1v) is 7.66. The molecule has 2 rings (SSSR count). The summed E-state index contributed by atoms with van der Waals surface area (Å²) in [5, 5.41) is 3.37. The van der Waals surface area contributed by atoms with E-state index < -0.39 is 0 Å². The molecule has 1 N–H and O–H groups in total. The van der Waals surface area contributed by atoms with Gasteiger partial charge in [0.2, 0.25) is 0 Å². The lowest BCUT2D eigenvalue weighted by atomic mass is 10.2. The predicted octanol–water partition coefficient (Wildman–Crippen LogP) is 1.53. The maximum Gasteiger partial charge on any atom is 0.142 e. The van der Waals surface area contributed by atoms with Gasteiger partial charge in [0, 0.05) is 46.3 Å². The first kappa shape index (κ1) is 16.1. The topological polar surface area (TPSA) is 43.0 Å². The second-order valence-electron chi connectivity index (χ2n) is 5.01. The molecule has 1 aromatic carbocycles. The van der Waals surface area contributed by atoms with Crippen molar-refractivity contribution in [1.82, 2.24) is 5.32 Å². The highest BCUT2D eigenvalue weighted by Crippen LogP contribution is 2.28. The zero-order valence-electron chi connectivity index (χ0n) is 12.8. The summed E-state index contributed by atoms with van der Waals surface area (Å²) in [6.07, 6.45) is 0.888. The average molecular weight is 294 g/mol. The Morgan fingerprint density at radius 1 is 1.05 bits per heavy atom. The van der Waals surface area contributed by atoms with E-state index >= 15 is 0 Å². The van der Waals surface area contributed by atoms with E-state index in [1.807, 2.05) is 12.1 Å². The summed E-state index contributed by atoms with van der Waals surface area (Å²) in [5.74, 6) is 0.969. The van der Waals surface area contributed by atoms with Crippen molar-refractivity contribution >= 4 is 5.69 Å². The molecule has 0 aliphatic carbocycles. The molecule has 1 aliphatic rings. The molecule has 1 aromatic rings. The third-order valence-electron chi connectivity index (χ3n) is 3.45. The fourth-order valence-electron chi connectivity index (χ4n) is 2.33. The molecule has 0 bridgehead atoms. The Hall–Kier alpha value is -1.30. The molecular weight excluding hydrogens is 268 g/mol. The third kappa shape index (κ3) is 5.53. The molecule has 1 heterocycles. The average Bonchev–Trinajstić information content (AvgIpc) is 2.55. The van der Waals surface area contributed by atoms with Gasteiger partial charge in [0.15, 0.2) is 0 Å². The van der Waals surface area contributed by atoms with Crippen LogP contribution in [0.1, 0.15) is 6.42 Å². The molecular formula is C16H26N2O3. The van der Waals surface area contributed by atoms with Gasteiger partial charge in [-0.05, 0) is 12.1 Å². The lowest BCUT2D eigenvalue weighted by molar-refractivity contribution is 0.0644. The molecule has 0 spiro atoms. The first-order valence-electron chi connectivity index (χ1n) is 7.66. The summed E-state index contributed by atoms with van der Waals surface area (Å²) in [5.41, 5.74) is 1.19. The van der Waals surface area contributed by atoms with Crippen molar-refractivity contribution in [2.75, 3.05) is 64.6 Å². The molecule has 118 valence electrons. The summed E-state index contributed by atoms with van der Waals surface area (Å²) in [6, 6.07) is 8.27. The zero-order valence-corrected chi connectivity index (χ0v) is 12.8. The number of nitrogens with one attached hydrogen (secondary N) is 1. The van der Waals surface area contributed by atoms with E-state index in [1.165, 1.54) is 5.69 Å². The predicted molar refractivity (Wildman–Crippen MR) is 84.3 cm³/mol. The summed E-state index contributed by atoms with van der Waals surface area (Å²) >= 11 is 0. The fourth-order valence-corrected chi connectivity index (χ4v) is 2.33. The molecule has 5 nitrogen and oxygen atoms in total. The molecule has 1 saturated heterocycles. The molecule has 0 unspecified atom stereocenters. The lowest BCUT2D eigenvalue weighted by Crippen LogP contribution is -2.43. The SMILES string of the molecule is COCCOCCCOc1ccccc1N1CCNCC1.